The van der Waals surface area contributed by atoms with Crippen molar-refractivity contribution in [2.75, 3.05) is 7.11 Å². The van der Waals surface area contributed by atoms with Crippen molar-refractivity contribution in [3.05, 3.63) is 76.0 Å². The fraction of sp³-hybridized carbons (Fsp3) is 0.190. The summed E-state index contributed by atoms with van der Waals surface area (Å²) in [5.41, 5.74) is 9.87. The van der Waals surface area contributed by atoms with Crippen molar-refractivity contribution in [2.45, 2.75) is 19.6 Å². The predicted octanol–water partition coefficient (Wildman–Crippen LogP) is 5.22. The highest BCUT2D eigenvalue weighted by molar-refractivity contribution is 7.12. The molecule has 2 aromatic carbocycles. The van der Waals surface area contributed by atoms with Crippen molar-refractivity contribution in [1.29, 1.82) is 0 Å². The van der Waals surface area contributed by atoms with Crippen LogP contribution in [0.5, 0.6) is 5.75 Å². The van der Waals surface area contributed by atoms with Gasteiger partial charge >= 0.3 is 5.97 Å². The number of benzene rings is 2. The number of hydrogen-bond donors (Lipinski definition) is 1. The van der Waals surface area contributed by atoms with Gasteiger partial charge in [0.05, 0.1) is 7.11 Å². The normalized spacial score (nSPS) is 11.4. The molecule has 0 aliphatic heterocycles. The van der Waals surface area contributed by atoms with E-state index in [0.717, 1.165) is 28.0 Å². The fourth-order valence-corrected chi connectivity index (χ4v) is 3.37. The molecule has 4 nitrogen and oxygen atoms in total. The summed E-state index contributed by atoms with van der Waals surface area (Å²) >= 11 is 1.37. The molecule has 6 heteroatoms. The maximum atomic E-state index is 12.3. The molecule has 1 heterocycles. The number of halogens is 1. The van der Waals surface area contributed by atoms with Gasteiger partial charge in [-0.2, -0.15) is 0 Å². The number of thiophene rings is 1. The summed E-state index contributed by atoms with van der Waals surface area (Å²) in [4.78, 5) is 12.9. The summed E-state index contributed by atoms with van der Waals surface area (Å²) < 4.78 is 10.8. The largest absolute Gasteiger partial charge is 0.497 e. The molecule has 0 saturated carbocycles. The van der Waals surface area contributed by atoms with Crippen molar-refractivity contribution in [1.82, 2.24) is 0 Å². The minimum absolute atomic E-state index is 0. The molecule has 3 aromatic rings. The van der Waals surface area contributed by atoms with Gasteiger partial charge in [-0.25, -0.2) is 4.79 Å². The van der Waals surface area contributed by atoms with Crippen LogP contribution in [0.25, 0.3) is 11.1 Å². The Morgan fingerprint density at radius 1 is 1.11 bits per heavy atom. The molecular weight excluding hydrogens is 382 g/mol. The van der Waals surface area contributed by atoms with Crippen molar-refractivity contribution in [3.63, 3.8) is 0 Å². The zero-order valence-corrected chi connectivity index (χ0v) is 16.8. The molecule has 3 rings (SSSR count). The Kier molecular flexibility index (Phi) is 7.42. The quantitative estimate of drug-likeness (QED) is 0.573. The van der Waals surface area contributed by atoms with Crippen LogP contribution in [0.1, 0.15) is 33.8 Å². The minimum atomic E-state index is -0.319. The number of methoxy groups -OCH3 is 1. The second kappa shape index (κ2) is 9.55. The molecule has 1 atom stereocenters. The molecule has 142 valence electrons. The number of carbonyl (C=O) groups excluding carboxylic acids is 1. The second-order valence-electron chi connectivity index (χ2n) is 6.04. The van der Waals surface area contributed by atoms with Crippen LogP contribution >= 0.6 is 23.7 Å². The van der Waals surface area contributed by atoms with Crippen LogP contribution in [0.2, 0.25) is 0 Å². The third-order valence-corrected chi connectivity index (χ3v) is 4.95. The monoisotopic (exact) mass is 403 g/mol. The Labute approximate surface area is 169 Å². The van der Waals surface area contributed by atoms with Gasteiger partial charge in [-0.3, -0.25) is 0 Å². The van der Waals surface area contributed by atoms with Gasteiger partial charge in [-0.05, 0) is 58.8 Å². The van der Waals surface area contributed by atoms with Crippen LogP contribution in [0, 0.1) is 0 Å². The van der Waals surface area contributed by atoms with E-state index < -0.39 is 0 Å². The molecule has 1 aromatic heterocycles. The first-order valence-corrected chi connectivity index (χ1v) is 9.19. The molecule has 0 spiro atoms. The van der Waals surface area contributed by atoms with Crippen molar-refractivity contribution < 1.29 is 14.3 Å². The first-order valence-electron chi connectivity index (χ1n) is 8.31. The number of rotatable bonds is 6. The van der Waals surface area contributed by atoms with E-state index in [1.165, 1.54) is 11.3 Å². The number of carbonyl (C=O) groups is 1. The van der Waals surface area contributed by atoms with Crippen LogP contribution in [-0.2, 0) is 11.3 Å². The van der Waals surface area contributed by atoms with E-state index in [1.54, 1.807) is 7.11 Å². The second-order valence-corrected chi connectivity index (χ2v) is 6.96. The summed E-state index contributed by atoms with van der Waals surface area (Å²) in [6.07, 6.45) is 0. The maximum Gasteiger partial charge on any atom is 0.348 e. The SMILES string of the molecule is COc1cc(-c2csc(C(=O)OCc3ccccc3)c2)cc([C@@H](C)N)c1.Cl. The first-order chi connectivity index (χ1) is 12.6. The molecule has 0 bridgehead atoms. The van der Waals surface area contributed by atoms with E-state index in [4.69, 9.17) is 15.2 Å². The van der Waals surface area contributed by atoms with E-state index in [0.29, 0.717) is 4.88 Å². The Morgan fingerprint density at radius 2 is 1.85 bits per heavy atom. The fourth-order valence-electron chi connectivity index (χ4n) is 2.56. The molecule has 0 fully saturated rings. The number of esters is 1. The third kappa shape index (κ3) is 5.32. The topological polar surface area (TPSA) is 61.5 Å². The standard InChI is InChI=1S/C21H21NO3S.ClH/c1-14(22)16-8-17(10-19(9-16)24-2)18-11-20(26-13-18)21(23)25-12-15-6-4-3-5-7-15;/h3-11,13-14H,12,22H2,1-2H3;1H/t14-;/m1./s1. The van der Waals surface area contributed by atoms with Crippen LogP contribution in [0.15, 0.2) is 60.0 Å². The Bertz CT molecular complexity index is 893. The van der Waals surface area contributed by atoms with Gasteiger partial charge in [0.1, 0.15) is 17.2 Å². The lowest BCUT2D eigenvalue weighted by Gasteiger charge is -2.11. The van der Waals surface area contributed by atoms with Crippen molar-refractivity contribution in [2.24, 2.45) is 5.73 Å². The zero-order valence-electron chi connectivity index (χ0n) is 15.2. The van der Waals surface area contributed by atoms with E-state index in [-0.39, 0.29) is 31.0 Å². The number of hydrogen-bond acceptors (Lipinski definition) is 5. The van der Waals surface area contributed by atoms with Gasteiger partial charge in [0.2, 0.25) is 0 Å². The van der Waals surface area contributed by atoms with Gasteiger partial charge in [0, 0.05) is 6.04 Å². The highest BCUT2D eigenvalue weighted by atomic mass is 35.5. The van der Waals surface area contributed by atoms with Crippen molar-refractivity contribution >= 4 is 29.7 Å². The van der Waals surface area contributed by atoms with Crippen LogP contribution < -0.4 is 10.5 Å². The van der Waals surface area contributed by atoms with Gasteiger partial charge in [-0.1, -0.05) is 30.3 Å². The van der Waals surface area contributed by atoms with Crippen LogP contribution in [-0.4, -0.2) is 13.1 Å². The lowest BCUT2D eigenvalue weighted by atomic mass is 10.0. The van der Waals surface area contributed by atoms with E-state index in [9.17, 15) is 4.79 Å². The average Bonchev–Trinajstić information content (AvgIpc) is 3.17. The number of nitrogens with two attached hydrogens (primary N) is 1. The van der Waals surface area contributed by atoms with Crippen molar-refractivity contribution in [3.8, 4) is 16.9 Å². The molecular formula is C21H22ClNO3S. The molecule has 0 saturated heterocycles. The third-order valence-electron chi connectivity index (χ3n) is 4.04. The highest BCUT2D eigenvalue weighted by Crippen LogP contribution is 2.31. The molecule has 0 aliphatic carbocycles. The van der Waals surface area contributed by atoms with Crippen LogP contribution in [0.3, 0.4) is 0 Å². The van der Waals surface area contributed by atoms with E-state index >= 15 is 0 Å². The van der Waals surface area contributed by atoms with Gasteiger partial charge in [0.15, 0.2) is 0 Å². The summed E-state index contributed by atoms with van der Waals surface area (Å²) in [5.74, 6) is 0.426. The molecule has 0 amide bonds. The van der Waals surface area contributed by atoms with Crippen LogP contribution in [0.4, 0.5) is 0 Å². The lowest BCUT2D eigenvalue weighted by molar-refractivity contribution is 0.0478. The summed E-state index contributed by atoms with van der Waals surface area (Å²) in [5, 5.41) is 1.94. The smallest absolute Gasteiger partial charge is 0.348 e. The molecule has 27 heavy (non-hydrogen) atoms. The summed E-state index contributed by atoms with van der Waals surface area (Å²) in [6.45, 7) is 2.19. The van der Waals surface area contributed by atoms with Gasteiger partial charge < -0.3 is 15.2 Å². The first kappa shape index (κ1) is 21.0. The lowest BCUT2D eigenvalue weighted by Crippen LogP contribution is -2.05. The highest BCUT2D eigenvalue weighted by Gasteiger charge is 2.13. The predicted molar refractivity (Wildman–Crippen MR) is 112 cm³/mol. The van der Waals surface area contributed by atoms with E-state index in [2.05, 4.69) is 0 Å². The molecule has 0 aliphatic rings. The molecule has 2 N–H and O–H groups in total. The summed E-state index contributed by atoms with van der Waals surface area (Å²) in [6, 6.07) is 17.3. The molecule has 0 unspecified atom stereocenters. The Hall–Kier alpha value is -2.34. The molecule has 0 radical (unpaired) electrons. The minimum Gasteiger partial charge on any atom is -0.497 e. The zero-order chi connectivity index (χ0) is 18.5. The average molecular weight is 404 g/mol. The Balaban J connectivity index is 0.00000261. The Morgan fingerprint density at radius 3 is 2.52 bits per heavy atom. The van der Waals surface area contributed by atoms with Gasteiger partial charge in [0.25, 0.3) is 0 Å². The number of ether oxygens (including phenoxy) is 2. The van der Waals surface area contributed by atoms with E-state index in [1.807, 2.05) is 66.9 Å². The van der Waals surface area contributed by atoms with Gasteiger partial charge in [-0.15, -0.1) is 23.7 Å². The maximum absolute atomic E-state index is 12.3. The summed E-state index contributed by atoms with van der Waals surface area (Å²) in [7, 11) is 1.63.